The minimum Gasteiger partial charge on any atom is -0.477 e. The van der Waals surface area contributed by atoms with Gasteiger partial charge in [0.25, 0.3) is 6.29 Å². The molecule has 0 radical (unpaired) electrons. The van der Waals surface area contributed by atoms with Gasteiger partial charge in [0, 0.05) is 12.8 Å². The second-order valence-electron chi connectivity index (χ2n) is 19.2. The second kappa shape index (κ2) is 50.6. The number of carboxylic acid groups (broad SMARTS) is 1. The highest BCUT2D eigenvalue weighted by atomic mass is 16.7. The fraction of sp³-hybridized carbons (Fsp3) is 0.683. The SMILES string of the molecule is CC/C=C\C/C=C\C/C=C\C/C=C\C/C=C\C/C=C\CCC(=O)OC(COC(=O)CCCCCCCCCCCCCCC/C=C\C/C=C\CCCCCCC)COC(OCC[N+](C)(C)C)C(=O)O. The van der Waals surface area contributed by atoms with Crippen LogP contribution in [0.4, 0.5) is 0 Å². The van der Waals surface area contributed by atoms with Gasteiger partial charge in [0.2, 0.25) is 0 Å². The van der Waals surface area contributed by atoms with Gasteiger partial charge in [-0.05, 0) is 83.5 Å². The molecule has 2 atom stereocenters. The van der Waals surface area contributed by atoms with Crippen LogP contribution in [0.1, 0.15) is 206 Å². The van der Waals surface area contributed by atoms with Crippen molar-refractivity contribution in [1.29, 1.82) is 0 Å². The first-order valence-electron chi connectivity index (χ1n) is 27.4. The molecule has 0 aromatic rings. The number of hydrogen-bond donors (Lipinski definition) is 1. The van der Waals surface area contributed by atoms with Gasteiger partial charge in [0.1, 0.15) is 13.2 Å². The van der Waals surface area contributed by atoms with Gasteiger partial charge in [0.15, 0.2) is 6.10 Å². The van der Waals surface area contributed by atoms with Gasteiger partial charge in [-0.2, -0.15) is 0 Å². The summed E-state index contributed by atoms with van der Waals surface area (Å²) >= 11 is 0. The zero-order valence-corrected chi connectivity index (χ0v) is 44.7. The van der Waals surface area contributed by atoms with E-state index >= 15 is 0 Å². The van der Waals surface area contributed by atoms with Crippen molar-refractivity contribution in [3.05, 3.63) is 97.2 Å². The zero-order valence-electron chi connectivity index (χ0n) is 44.7. The van der Waals surface area contributed by atoms with E-state index in [1.807, 2.05) is 33.3 Å². The first-order chi connectivity index (χ1) is 33.6. The van der Waals surface area contributed by atoms with E-state index in [9.17, 15) is 19.5 Å². The Bertz CT molecular complexity index is 1450. The van der Waals surface area contributed by atoms with Crippen LogP contribution in [0, 0.1) is 0 Å². The molecule has 0 aromatic carbocycles. The highest BCUT2D eigenvalue weighted by Gasteiger charge is 2.25. The minimum absolute atomic E-state index is 0.130. The van der Waals surface area contributed by atoms with Gasteiger partial charge in [-0.25, -0.2) is 4.79 Å². The Morgan fingerprint density at radius 2 is 0.855 bits per heavy atom. The number of unbranched alkanes of at least 4 members (excludes halogenated alkanes) is 18. The number of rotatable bonds is 49. The molecule has 1 N–H and O–H groups in total. The molecule has 0 aromatic heterocycles. The zero-order chi connectivity index (χ0) is 50.6. The highest BCUT2D eigenvalue weighted by Crippen LogP contribution is 2.15. The summed E-state index contributed by atoms with van der Waals surface area (Å²) in [5.41, 5.74) is 0. The van der Waals surface area contributed by atoms with Gasteiger partial charge >= 0.3 is 17.9 Å². The molecule has 0 fully saturated rings. The molecule has 0 heterocycles. The molecule has 0 saturated heterocycles. The Kier molecular flexibility index (Phi) is 47.8. The fourth-order valence-electron chi connectivity index (χ4n) is 7.13. The quantitative estimate of drug-likeness (QED) is 0.0211. The van der Waals surface area contributed by atoms with Crippen LogP contribution in [0.3, 0.4) is 0 Å². The number of carbonyl (C=O) groups is 3. The molecule has 0 aliphatic rings. The number of hydrogen-bond acceptors (Lipinski definition) is 7. The molecular weight excluding hydrogens is 863 g/mol. The number of carbonyl (C=O) groups excluding carboxylic acids is 2. The van der Waals surface area contributed by atoms with Crippen LogP contribution < -0.4 is 0 Å². The van der Waals surface area contributed by atoms with E-state index in [0.29, 0.717) is 17.4 Å². The lowest BCUT2D eigenvalue weighted by Gasteiger charge is -2.25. The third-order valence-corrected chi connectivity index (χ3v) is 11.3. The lowest BCUT2D eigenvalue weighted by Crippen LogP contribution is -2.40. The summed E-state index contributed by atoms with van der Waals surface area (Å²) in [4.78, 5) is 37.3. The van der Waals surface area contributed by atoms with E-state index in [-0.39, 0.29) is 38.6 Å². The third-order valence-electron chi connectivity index (χ3n) is 11.3. The summed E-state index contributed by atoms with van der Waals surface area (Å²) in [7, 11) is 5.93. The highest BCUT2D eigenvalue weighted by molar-refractivity contribution is 5.71. The molecule has 0 bridgehead atoms. The number of quaternary nitrogens is 1. The molecule has 9 heteroatoms. The van der Waals surface area contributed by atoms with Crippen molar-refractivity contribution in [2.45, 2.75) is 219 Å². The molecule has 2 unspecified atom stereocenters. The molecule has 9 nitrogen and oxygen atoms in total. The van der Waals surface area contributed by atoms with E-state index in [1.54, 1.807) is 0 Å². The Hall–Kier alpha value is -3.79. The van der Waals surface area contributed by atoms with Crippen LogP contribution in [0.25, 0.3) is 0 Å². The average molecular weight is 965 g/mol. The number of nitrogens with zero attached hydrogens (tertiary/aromatic N) is 1. The molecule has 0 saturated carbocycles. The predicted molar refractivity (Wildman–Crippen MR) is 290 cm³/mol. The third kappa shape index (κ3) is 51.9. The van der Waals surface area contributed by atoms with Crippen LogP contribution in [-0.4, -0.2) is 87.4 Å². The van der Waals surface area contributed by atoms with E-state index in [2.05, 4.69) is 98.9 Å². The van der Waals surface area contributed by atoms with Gasteiger partial charge in [-0.3, -0.25) is 9.59 Å². The minimum atomic E-state index is -1.53. The van der Waals surface area contributed by atoms with Crippen LogP contribution in [0.2, 0.25) is 0 Å². The van der Waals surface area contributed by atoms with Gasteiger partial charge < -0.3 is 28.5 Å². The molecule has 69 heavy (non-hydrogen) atoms. The smallest absolute Gasteiger partial charge is 0.361 e. The van der Waals surface area contributed by atoms with Crippen molar-refractivity contribution in [2.24, 2.45) is 0 Å². The monoisotopic (exact) mass is 965 g/mol. The summed E-state index contributed by atoms with van der Waals surface area (Å²) in [5.74, 6) is -2.13. The summed E-state index contributed by atoms with van der Waals surface area (Å²) in [5, 5.41) is 9.68. The molecular formula is C60H102NO8+. The van der Waals surface area contributed by atoms with Crippen LogP contribution in [0.5, 0.6) is 0 Å². The molecule has 0 amide bonds. The summed E-state index contributed by atoms with van der Waals surface area (Å²) in [6, 6.07) is 0. The van der Waals surface area contributed by atoms with Gasteiger partial charge in [-0.15, -0.1) is 0 Å². The molecule has 0 aliphatic heterocycles. The lowest BCUT2D eigenvalue weighted by atomic mass is 10.0. The normalized spacial score (nSPS) is 13.6. The largest absolute Gasteiger partial charge is 0.477 e. The standard InChI is InChI=1S/C60H101NO8/c1-6-8-10-12-14-16-18-20-22-24-26-27-28-29-30-31-33-34-36-38-40-42-44-46-48-50-57(62)67-54-56(55-68-60(59(64)65)66-53-52-61(3,4)5)69-58(63)51-49-47-45-43-41-39-37-35-32-25-23-21-19-17-15-13-11-9-7-2/h9,11,15,17-18,20-21,23-24,26,32,35,39,41,45,47,56,60H,6-8,10,12-14,16,19,22,25,27-31,33-34,36-38,40,42-44,46,48-55H2,1-5H3/p+1/b11-9-,17-15-,20-18-,23-21-,26-24-,35-32-,41-39-,47-45-. The van der Waals surface area contributed by atoms with E-state index in [4.69, 9.17) is 18.9 Å². The predicted octanol–water partition coefficient (Wildman–Crippen LogP) is 15.8. The number of aliphatic carboxylic acids is 1. The fourth-order valence-corrected chi connectivity index (χ4v) is 7.13. The number of allylic oxidation sites excluding steroid dienone is 16. The summed E-state index contributed by atoms with van der Waals surface area (Å²) in [6.45, 7) is 4.66. The Labute approximate surface area is 422 Å². The maximum absolute atomic E-state index is 12.8. The van der Waals surface area contributed by atoms with Crippen LogP contribution >= 0.6 is 0 Å². The van der Waals surface area contributed by atoms with E-state index in [1.165, 1.54) is 109 Å². The number of ether oxygens (including phenoxy) is 4. The number of carboxylic acids is 1. The molecule has 0 spiro atoms. The van der Waals surface area contributed by atoms with Crippen molar-refractivity contribution < 1.29 is 42.9 Å². The Morgan fingerprint density at radius 1 is 0.449 bits per heavy atom. The summed E-state index contributed by atoms with van der Waals surface area (Å²) < 4.78 is 22.7. The van der Waals surface area contributed by atoms with Crippen molar-refractivity contribution in [2.75, 3.05) is 47.5 Å². The number of likely N-dealkylation sites (N-methyl/N-ethyl adjacent to an activating group) is 1. The second-order valence-corrected chi connectivity index (χ2v) is 19.2. The molecule has 0 rings (SSSR count). The maximum Gasteiger partial charge on any atom is 0.361 e. The first kappa shape index (κ1) is 65.2. The molecule has 394 valence electrons. The van der Waals surface area contributed by atoms with E-state index < -0.39 is 24.3 Å². The topological polar surface area (TPSA) is 108 Å². The average Bonchev–Trinajstić information content (AvgIpc) is 3.31. The van der Waals surface area contributed by atoms with Crippen molar-refractivity contribution in [3.8, 4) is 0 Å². The lowest BCUT2D eigenvalue weighted by molar-refractivity contribution is -0.870. The van der Waals surface area contributed by atoms with Crippen molar-refractivity contribution in [3.63, 3.8) is 0 Å². The van der Waals surface area contributed by atoms with Crippen LogP contribution in [0.15, 0.2) is 97.2 Å². The van der Waals surface area contributed by atoms with Crippen LogP contribution in [-0.2, 0) is 33.3 Å². The first-order valence-corrected chi connectivity index (χ1v) is 27.4. The Balaban J connectivity index is 4.37. The summed E-state index contributed by atoms with van der Waals surface area (Å²) in [6.07, 6.45) is 65.0. The van der Waals surface area contributed by atoms with E-state index in [0.717, 1.165) is 64.2 Å². The Morgan fingerprint density at radius 3 is 1.29 bits per heavy atom. The van der Waals surface area contributed by atoms with Crippen molar-refractivity contribution >= 4 is 17.9 Å². The van der Waals surface area contributed by atoms with Gasteiger partial charge in [-0.1, -0.05) is 207 Å². The number of esters is 2. The van der Waals surface area contributed by atoms with Gasteiger partial charge in [0.05, 0.1) is 34.4 Å². The van der Waals surface area contributed by atoms with Crippen molar-refractivity contribution in [1.82, 2.24) is 0 Å². The molecule has 0 aliphatic carbocycles. The maximum atomic E-state index is 12.8.